The maximum atomic E-state index is 2.30. The van der Waals surface area contributed by atoms with E-state index in [0.29, 0.717) is 0 Å². The van der Waals surface area contributed by atoms with Gasteiger partial charge in [0.1, 0.15) is 0 Å². The van der Waals surface area contributed by atoms with Crippen LogP contribution in [0.4, 0.5) is 0 Å². The normalized spacial score (nSPS) is 9.96. The van der Waals surface area contributed by atoms with Gasteiger partial charge in [0.2, 0.25) is 0 Å². The molecule has 0 unspecified atom stereocenters. The van der Waals surface area contributed by atoms with Crippen LogP contribution >= 0.6 is 0 Å². The third kappa shape index (κ3) is 10.4. The minimum atomic E-state index is 0. The summed E-state index contributed by atoms with van der Waals surface area (Å²) in [7, 11) is 0. The molecule has 0 saturated heterocycles. The fraction of sp³-hybridized carbons (Fsp3) is 0.478. The van der Waals surface area contributed by atoms with E-state index in [9.17, 15) is 0 Å². The van der Waals surface area contributed by atoms with Crippen LogP contribution in [0.3, 0.4) is 0 Å². The summed E-state index contributed by atoms with van der Waals surface area (Å²) in [5, 5.41) is 0. The summed E-state index contributed by atoms with van der Waals surface area (Å²) in [5.41, 5.74) is 4.26. The minimum absolute atomic E-state index is 0. The summed E-state index contributed by atoms with van der Waals surface area (Å²) < 4.78 is 0. The van der Waals surface area contributed by atoms with Crippen LogP contribution < -0.4 is 0 Å². The zero-order valence-electron chi connectivity index (χ0n) is 14.8. The fourth-order valence-corrected chi connectivity index (χ4v) is 3.26. The summed E-state index contributed by atoms with van der Waals surface area (Å²) in [5.74, 6) is 0. The molecule has 0 spiro atoms. The van der Waals surface area contributed by atoms with E-state index in [1.807, 2.05) is 0 Å². The van der Waals surface area contributed by atoms with Crippen molar-refractivity contribution in [3.63, 3.8) is 0 Å². The molecule has 0 radical (unpaired) electrons. The van der Waals surface area contributed by atoms with Gasteiger partial charge < -0.3 is 0 Å². The van der Waals surface area contributed by atoms with Crippen LogP contribution in [0.25, 0.3) is 11.1 Å². The van der Waals surface area contributed by atoms with Crippen molar-refractivity contribution in [2.75, 3.05) is 0 Å². The van der Waals surface area contributed by atoms with Gasteiger partial charge in [-0.15, -0.1) is 0 Å². The van der Waals surface area contributed by atoms with Gasteiger partial charge in [0.15, 0.2) is 0 Å². The SMILES string of the molecule is CCCCCCCCCCCc1ccccc1-c1ccccc1.[NaH].[NaH]. The Morgan fingerprint density at radius 2 is 1.08 bits per heavy atom. The van der Waals surface area contributed by atoms with Crippen molar-refractivity contribution in [3.05, 3.63) is 60.2 Å². The van der Waals surface area contributed by atoms with Gasteiger partial charge >= 0.3 is 59.1 Å². The maximum absolute atomic E-state index is 2.30. The van der Waals surface area contributed by atoms with Crippen molar-refractivity contribution in [2.45, 2.75) is 71.1 Å². The molecule has 2 aromatic rings. The summed E-state index contributed by atoms with van der Waals surface area (Å²) in [6, 6.07) is 19.7. The second kappa shape index (κ2) is 16.6. The molecular formula is C23H34Na2. The number of hydrogen-bond acceptors (Lipinski definition) is 0. The second-order valence-electron chi connectivity index (χ2n) is 6.60. The third-order valence-corrected chi connectivity index (χ3v) is 4.65. The Kier molecular flexibility index (Phi) is 16.9. The van der Waals surface area contributed by atoms with Crippen molar-refractivity contribution in [2.24, 2.45) is 0 Å². The van der Waals surface area contributed by atoms with Crippen molar-refractivity contribution in [1.82, 2.24) is 0 Å². The standard InChI is InChI=1S/C23H32.2Na.2H/c1-2-3-4-5-6-7-8-9-11-16-22-19-14-15-20-23(22)21-17-12-10-13-18-21;;;;/h10,12-15,17-20H,2-9,11,16H2,1H3;;;;. The molecule has 0 atom stereocenters. The molecule has 128 valence electrons. The quantitative estimate of drug-likeness (QED) is 0.335. The van der Waals surface area contributed by atoms with Crippen molar-refractivity contribution in [1.29, 1.82) is 0 Å². The molecular weight excluding hydrogens is 322 g/mol. The first-order valence-corrected chi connectivity index (χ1v) is 9.55. The molecule has 0 aliphatic heterocycles. The second-order valence-corrected chi connectivity index (χ2v) is 6.60. The van der Waals surface area contributed by atoms with Crippen LogP contribution in [0.5, 0.6) is 0 Å². The molecule has 0 aliphatic rings. The van der Waals surface area contributed by atoms with E-state index in [0.717, 1.165) is 0 Å². The van der Waals surface area contributed by atoms with Crippen molar-refractivity contribution in [3.8, 4) is 11.1 Å². The fourth-order valence-electron chi connectivity index (χ4n) is 3.26. The monoisotopic (exact) mass is 356 g/mol. The van der Waals surface area contributed by atoms with Crippen molar-refractivity contribution < 1.29 is 0 Å². The third-order valence-electron chi connectivity index (χ3n) is 4.65. The summed E-state index contributed by atoms with van der Waals surface area (Å²) in [4.78, 5) is 0. The number of unbranched alkanes of at least 4 members (excludes halogenated alkanes) is 8. The summed E-state index contributed by atoms with van der Waals surface area (Å²) >= 11 is 0. The van der Waals surface area contributed by atoms with Gasteiger partial charge in [-0.25, -0.2) is 0 Å². The van der Waals surface area contributed by atoms with Crippen LogP contribution in [-0.2, 0) is 6.42 Å². The van der Waals surface area contributed by atoms with E-state index in [-0.39, 0.29) is 59.1 Å². The molecule has 0 heterocycles. The summed E-state index contributed by atoms with van der Waals surface area (Å²) in [6.07, 6.45) is 13.8. The molecule has 2 heteroatoms. The Bertz CT molecular complexity index is 537. The molecule has 0 nitrogen and oxygen atoms in total. The molecule has 0 amide bonds. The van der Waals surface area contributed by atoms with Gasteiger partial charge in [-0.1, -0.05) is 113 Å². The Morgan fingerprint density at radius 1 is 0.560 bits per heavy atom. The van der Waals surface area contributed by atoms with E-state index in [1.54, 1.807) is 0 Å². The molecule has 0 saturated carbocycles. The first-order chi connectivity index (χ1) is 11.4. The van der Waals surface area contributed by atoms with Gasteiger partial charge in [-0.2, -0.15) is 0 Å². The van der Waals surface area contributed by atoms with E-state index in [4.69, 9.17) is 0 Å². The van der Waals surface area contributed by atoms with Crippen molar-refractivity contribution >= 4 is 59.1 Å². The molecule has 0 aromatic heterocycles. The molecule has 2 rings (SSSR count). The molecule has 0 aliphatic carbocycles. The average molecular weight is 357 g/mol. The van der Waals surface area contributed by atoms with E-state index < -0.39 is 0 Å². The Morgan fingerprint density at radius 3 is 1.72 bits per heavy atom. The van der Waals surface area contributed by atoms with E-state index in [1.165, 1.54) is 80.9 Å². The molecule has 0 fully saturated rings. The van der Waals surface area contributed by atoms with E-state index >= 15 is 0 Å². The predicted octanol–water partition coefficient (Wildman–Crippen LogP) is 6.13. The Hall–Kier alpha value is 0.440. The van der Waals surface area contributed by atoms with Crippen LogP contribution in [0.15, 0.2) is 54.6 Å². The van der Waals surface area contributed by atoms with E-state index in [2.05, 4.69) is 61.5 Å². The van der Waals surface area contributed by atoms with Crippen LogP contribution in [-0.4, -0.2) is 59.1 Å². The van der Waals surface area contributed by atoms with Crippen LogP contribution in [0.1, 0.15) is 70.3 Å². The summed E-state index contributed by atoms with van der Waals surface area (Å²) in [6.45, 7) is 2.29. The number of rotatable bonds is 11. The van der Waals surface area contributed by atoms with Gasteiger partial charge in [0, 0.05) is 0 Å². The first kappa shape index (κ1) is 25.4. The Balaban J connectivity index is 0.00000288. The number of hydrogen-bond donors (Lipinski definition) is 0. The first-order valence-electron chi connectivity index (χ1n) is 9.55. The molecule has 0 N–H and O–H groups in total. The molecule has 0 bridgehead atoms. The number of aryl methyl sites for hydroxylation is 1. The van der Waals surface area contributed by atoms with Crippen LogP contribution in [0, 0.1) is 0 Å². The zero-order chi connectivity index (χ0) is 16.2. The molecule has 25 heavy (non-hydrogen) atoms. The number of benzene rings is 2. The molecule has 2 aromatic carbocycles. The topological polar surface area (TPSA) is 0 Å². The zero-order valence-corrected chi connectivity index (χ0v) is 14.8. The average Bonchev–Trinajstić information content (AvgIpc) is 2.61. The van der Waals surface area contributed by atoms with Gasteiger partial charge in [-0.3, -0.25) is 0 Å². The van der Waals surface area contributed by atoms with Crippen LogP contribution in [0.2, 0.25) is 0 Å². The predicted molar refractivity (Wildman–Crippen MR) is 117 cm³/mol. The van der Waals surface area contributed by atoms with Gasteiger partial charge in [0.25, 0.3) is 0 Å². The Labute approximate surface area is 199 Å². The van der Waals surface area contributed by atoms with Gasteiger partial charge in [-0.05, 0) is 29.5 Å². The van der Waals surface area contributed by atoms with Gasteiger partial charge in [0.05, 0.1) is 0 Å².